The van der Waals surface area contributed by atoms with Gasteiger partial charge in [0.25, 0.3) is 6.08 Å². The van der Waals surface area contributed by atoms with Gasteiger partial charge in [-0.1, -0.05) is 11.8 Å². The molecule has 12 heavy (non-hydrogen) atoms. The molecule has 0 atom stereocenters. The van der Waals surface area contributed by atoms with Crippen LogP contribution in [0.2, 0.25) is 0 Å². The van der Waals surface area contributed by atoms with Crippen LogP contribution in [0.1, 0.15) is 6.42 Å². The lowest BCUT2D eigenvalue weighted by Crippen LogP contribution is -1.74. The molecule has 0 aromatic carbocycles. The summed E-state index contributed by atoms with van der Waals surface area (Å²) in [6.45, 7) is 0. The van der Waals surface area contributed by atoms with Crippen LogP contribution >= 0.6 is 11.8 Å². The Hall–Kier alpha value is -0.770. The fraction of sp³-hybridized carbons (Fsp3) is 0.250. The van der Waals surface area contributed by atoms with Crippen molar-refractivity contribution in [1.29, 1.82) is 0 Å². The average Bonchev–Trinajstić information content (AvgIpc) is 2.49. The number of hydrogen-bond donors (Lipinski definition) is 0. The molecule has 1 rings (SSSR count). The Balaban J connectivity index is 2.16. The predicted octanol–water partition coefficient (Wildman–Crippen LogP) is 3.54. The summed E-state index contributed by atoms with van der Waals surface area (Å²) in [5.41, 5.74) is 0. The summed E-state index contributed by atoms with van der Waals surface area (Å²) in [6, 6.07) is 3.58. The Labute approximate surface area is 73.5 Å². The van der Waals surface area contributed by atoms with Crippen molar-refractivity contribution in [3.63, 3.8) is 0 Å². The summed E-state index contributed by atoms with van der Waals surface area (Å²) in [7, 11) is 0. The molecule has 66 valence electrons. The highest BCUT2D eigenvalue weighted by Gasteiger charge is 1.95. The number of hydrogen-bond acceptors (Lipinski definition) is 2. The lowest BCUT2D eigenvalue weighted by atomic mass is 10.5. The smallest absolute Gasteiger partial charge is 0.266 e. The molecule has 1 aromatic heterocycles. The van der Waals surface area contributed by atoms with Gasteiger partial charge in [-0.2, -0.15) is 8.78 Å². The SMILES string of the molecule is FC(F)=CCCSc1ccco1. The number of halogens is 2. The molecule has 0 fully saturated rings. The summed E-state index contributed by atoms with van der Waals surface area (Å²) in [5.74, 6) is 0.616. The Bertz CT molecular complexity index is 240. The third-order valence-corrected chi connectivity index (χ3v) is 2.11. The van der Waals surface area contributed by atoms with E-state index in [4.69, 9.17) is 4.42 Å². The normalized spacial score (nSPS) is 9.83. The van der Waals surface area contributed by atoms with Crippen molar-refractivity contribution < 1.29 is 13.2 Å². The molecule has 0 aliphatic rings. The Kier molecular flexibility index (Phi) is 3.87. The van der Waals surface area contributed by atoms with E-state index in [1.165, 1.54) is 11.8 Å². The molecule has 1 heterocycles. The van der Waals surface area contributed by atoms with Gasteiger partial charge in [0, 0.05) is 5.75 Å². The standard InChI is InChI=1S/C8H8F2OS/c9-7(10)3-2-6-12-8-4-1-5-11-8/h1,3-5H,2,6H2. The third kappa shape index (κ3) is 3.57. The fourth-order valence-electron chi connectivity index (χ4n) is 0.673. The van der Waals surface area contributed by atoms with Crippen molar-refractivity contribution in [2.75, 3.05) is 5.75 Å². The summed E-state index contributed by atoms with van der Waals surface area (Å²) < 4.78 is 28.1. The topological polar surface area (TPSA) is 13.1 Å². The molecule has 0 radical (unpaired) electrons. The van der Waals surface area contributed by atoms with E-state index in [9.17, 15) is 8.78 Å². The molecule has 1 nitrogen and oxygen atoms in total. The van der Waals surface area contributed by atoms with Gasteiger partial charge in [0.1, 0.15) is 0 Å². The maximum atomic E-state index is 11.5. The number of thioether (sulfide) groups is 1. The van der Waals surface area contributed by atoms with Gasteiger partial charge in [0.05, 0.1) is 6.26 Å². The highest BCUT2D eigenvalue weighted by atomic mass is 32.2. The second-order valence-electron chi connectivity index (χ2n) is 2.06. The molecule has 0 N–H and O–H groups in total. The van der Waals surface area contributed by atoms with Gasteiger partial charge in [-0.3, -0.25) is 0 Å². The monoisotopic (exact) mass is 190 g/mol. The van der Waals surface area contributed by atoms with Crippen LogP contribution in [0.25, 0.3) is 0 Å². The molecule has 0 spiro atoms. The highest BCUT2D eigenvalue weighted by Crippen LogP contribution is 2.19. The van der Waals surface area contributed by atoms with Gasteiger partial charge in [-0.25, -0.2) is 0 Å². The van der Waals surface area contributed by atoms with Crippen molar-refractivity contribution in [3.8, 4) is 0 Å². The van der Waals surface area contributed by atoms with Crippen molar-refractivity contribution >= 4 is 11.8 Å². The average molecular weight is 190 g/mol. The molecule has 0 aliphatic carbocycles. The van der Waals surface area contributed by atoms with Crippen LogP contribution in [0, 0.1) is 0 Å². The van der Waals surface area contributed by atoms with Gasteiger partial charge < -0.3 is 4.42 Å². The van der Waals surface area contributed by atoms with Crippen molar-refractivity contribution in [3.05, 3.63) is 30.6 Å². The zero-order valence-corrected chi connectivity index (χ0v) is 7.11. The second-order valence-corrected chi connectivity index (χ2v) is 3.16. The van der Waals surface area contributed by atoms with Crippen molar-refractivity contribution in [1.82, 2.24) is 0 Å². The fourth-order valence-corrected chi connectivity index (χ4v) is 1.41. The van der Waals surface area contributed by atoms with Crippen molar-refractivity contribution in [2.24, 2.45) is 0 Å². The molecule has 0 saturated heterocycles. The minimum Gasteiger partial charge on any atom is -0.458 e. The Morgan fingerprint density at radius 1 is 1.58 bits per heavy atom. The van der Waals surface area contributed by atoms with E-state index >= 15 is 0 Å². The quantitative estimate of drug-likeness (QED) is 0.532. The first-order chi connectivity index (χ1) is 5.79. The predicted molar refractivity (Wildman–Crippen MR) is 44.3 cm³/mol. The molecule has 0 aliphatic heterocycles. The number of rotatable bonds is 4. The first-order valence-electron chi connectivity index (χ1n) is 3.46. The van der Waals surface area contributed by atoms with Crippen LogP contribution in [0.3, 0.4) is 0 Å². The first kappa shape index (κ1) is 9.32. The maximum absolute atomic E-state index is 11.5. The highest BCUT2D eigenvalue weighted by molar-refractivity contribution is 7.99. The molecule has 0 amide bonds. The van der Waals surface area contributed by atoms with Crippen molar-refractivity contribution in [2.45, 2.75) is 11.5 Å². The van der Waals surface area contributed by atoms with E-state index in [1.807, 2.05) is 0 Å². The maximum Gasteiger partial charge on any atom is 0.266 e. The summed E-state index contributed by atoms with van der Waals surface area (Å²) >= 11 is 1.42. The van der Waals surface area contributed by atoms with Crippen LogP contribution in [0.15, 0.2) is 40.1 Å². The summed E-state index contributed by atoms with van der Waals surface area (Å²) in [6.07, 6.45) is 1.23. The van der Waals surface area contributed by atoms with E-state index in [-0.39, 0.29) is 0 Å². The van der Waals surface area contributed by atoms with Crippen LogP contribution in [0.5, 0.6) is 0 Å². The van der Waals surface area contributed by atoms with Crippen LogP contribution < -0.4 is 0 Å². The van der Waals surface area contributed by atoms with E-state index < -0.39 is 6.08 Å². The molecule has 0 bridgehead atoms. The van der Waals surface area contributed by atoms with Gasteiger partial charge in [-0.05, 0) is 24.6 Å². The van der Waals surface area contributed by atoms with E-state index in [1.54, 1.807) is 18.4 Å². The zero-order chi connectivity index (χ0) is 8.81. The molecular weight excluding hydrogens is 182 g/mol. The van der Waals surface area contributed by atoms with Crippen LogP contribution in [-0.4, -0.2) is 5.75 Å². The lowest BCUT2D eigenvalue weighted by Gasteiger charge is -1.91. The van der Waals surface area contributed by atoms with E-state index in [0.29, 0.717) is 12.2 Å². The van der Waals surface area contributed by atoms with Crippen LogP contribution in [0.4, 0.5) is 8.78 Å². The molecule has 1 aromatic rings. The van der Waals surface area contributed by atoms with E-state index in [0.717, 1.165) is 11.2 Å². The molecule has 4 heteroatoms. The molecule has 0 saturated carbocycles. The second kappa shape index (κ2) is 4.98. The lowest BCUT2D eigenvalue weighted by molar-refractivity contribution is 0.418. The zero-order valence-electron chi connectivity index (χ0n) is 6.30. The van der Waals surface area contributed by atoms with Gasteiger partial charge in [-0.15, -0.1) is 0 Å². The summed E-state index contributed by atoms with van der Waals surface area (Å²) in [4.78, 5) is 0. The minimum atomic E-state index is -1.62. The third-order valence-electron chi connectivity index (χ3n) is 1.16. The van der Waals surface area contributed by atoms with E-state index in [2.05, 4.69) is 0 Å². The van der Waals surface area contributed by atoms with Gasteiger partial charge >= 0.3 is 0 Å². The van der Waals surface area contributed by atoms with Gasteiger partial charge in [0.2, 0.25) is 0 Å². The first-order valence-corrected chi connectivity index (χ1v) is 4.45. The molecule has 0 unspecified atom stereocenters. The molecular formula is C8H8F2OS. The minimum absolute atomic E-state index is 0.369. The van der Waals surface area contributed by atoms with Gasteiger partial charge in [0.15, 0.2) is 5.09 Å². The van der Waals surface area contributed by atoms with Crippen LogP contribution in [-0.2, 0) is 0 Å². The largest absolute Gasteiger partial charge is 0.458 e. The number of allylic oxidation sites excluding steroid dienone is 1. The summed E-state index contributed by atoms with van der Waals surface area (Å²) in [5, 5.41) is 0.766. The Morgan fingerprint density at radius 2 is 2.42 bits per heavy atom. The Morgan fingerprint density at radius 3 is 3.00 bits per heavy atom. The number of furan rings is 1.